The minimum absolute atomic E-state index is 0.659. The summed E-state index contributed by atoms with van der Waals surface area (Å²) in [4.78, 5) is 0. The molecule has 12 heavy (non-hydrogen) atoms. The Labute approximate surface area is 73.6 Å². The van der Waals surface area contributed by atoms with Crippen LogP contribution in [0.25, 0.3) is 0 Å². The second-order valence-corrected chi connectivity index (χ2v) is 3.76. The van der Waals surface area contributed by atoms with Gasteiger partial charge in [-0.2, -0.15) is 0 Å². The maximum absolute atomic E-state index is 5.89. The van der Waals surface area contributed by atoms with E-state index in [1.807, 2.05) is 12.1 Å². The van der Waals surface area contributed by atoms with E-state index in [0.29, 0.717) is 5.92 Å². The second kappa shape index (κ2) is 2.81. The summed E-state index contributed by atoms with van der Waals surface area (Å²) >= 11 is 0. The van der Waals surface area contributed by atoms with Crippen LogP contribution in [0.2, 0.25) is 0 Å². The number of benzene rings is 1. The molecule has 1 fully saturated rings. The summed E-state index contributed by atoms with van der Waals surface area (Å²) in [6, 6.07) is 8.22. The van der Waals surface area contributed by atoms with Gasteiger partial charge in [0.25, 0.3) is 0 Å². The largest absolute Gasteiger partial charge is 0.398 e. The highest BCUT2D eigenvalue weighted by Gasteiger charge is 2.29. The number of anilines is 1. The van der Waals surface area contributed by atoms with Gasteiger partial charge in [-0.25, -0.2) is 0 Å². The Hall–Kier alpha value is -0.980. The van der Waals surface area contributed by atoms with E-state index in [2.05, 4.69) is 19.1 Å². The third kappa shape index (κ3) is 1.31. The molecule has 0 aliphatic heterocycles. The van der Waals surface area contributed by atoms with Crippen molar-refractivity contribution in [3.63, 3.8) is 0 Å². The van der Waals surface area contributed by atoms with Crippen LogP contribution in [0.5, 0.6) is 0 Å². The lowest BCUT2D eigenvalue weighted by molar-refractivity contribution is 0.666. The molecule has 2 rings (SSSR count). The quantitative estimate of drug-likeness (QED) is 0.663. The third-order valence-electron chi connectivity index (χ3n) is 2.82. The highest BCUT2D eigenvalue weighted by molar-refractivity contribution is 5.48. The maximum atomic E-state index is 5.89. The molecule has 1 heteroatoms. The molecule has 0 bridgehead atoms. The first kappa shape index (κ1) is 7.66. The molecule has 64 valence electrons. The van der Waals surface area contributed by atoms with Crippen LogP contribution < -0.4 is 5.73 Å². The van der Waals surface area contributed by atoms with Crippen molar-refractivity contribution in [2.75, 3.05) is 5.73 Å². The summed E-state index contributed by atoms with van der Waals surface area (Å²) in [6.07, 6.45) is 2.77. The van der Waals surface area contributed by atoms with Gasteiger partial charge in [-0.15, -0.1) is 0 Å². The predicted molar refractivity (Wildman–Crippen MR) is 52.0 cm³/mol. The van der Waals surface area contributed by atoms with E-state index in [1.165, 1.54) is 18.4 Å². The molecule has 1 nitrogen and oxygen atoms in total. The second-order valence-electron chi connectivity index (χ2n) is 3.76. The number of nitrogens with two attached hydrogens (primary N) is 1. The fourth-order valence-electron chi connectivity index (χ4n) is 1.78. The number of rotatable bonds is 2. The van der Waals surface area contributed by atoms with Crippen molar-refractivity contribution in [3.05, 3.63) is 29.8 Å². The zero-order valence-corrected chi connectivity index (χ0v) is 7.46. The molecule has 0 radical (unpaired) electrons. The summed E-state index contributed by atoms with van der Waals surface area (Å²) in [5.41, 5.74) is 8.18. The molecular formula is C11H15N. The molecule has 1 atom stereocenters. The molecule has 0 heterocycles. The zero-order chi connectivity index (χ0) is 8.55. The van der Waals surface area contributed by atoms with Crippen molar-refractivity contribution in [2.24, 2.45) is 5.92 Å². The topological polar surface area (TPSA) is 26.0 Å². The number of para-hydroxylation sites is 1. The van der Waals surface area contributed by atoms with Crippen molar-refractivity contribution in [3.8, 4) is 0 Å². The maximum Gasteiger partial charge on any atom is 0.0349 e. The van der Waals surface area contributed by atoms with Gasteiger partial charge in [0.1, 0.15) is 0 Å². The van der Waals surface area contributed by atoms with Crippen LogP contribution in [0.3, 0.4) is 0 Å². The lowest BCUT2D eigenvalue weighted by Gasteiger charge is -2.12. The summed E-state index contributed by atoms with van der Waals surface area (Å²) in [6.45, 7) is 2.28. The van der Waals surface area contributed by atoms with Crippen LogP contribution in [-0.2, 0) is 0 Å². The van der Waals surface area contributed by atoms with Crippen LogP contribution in [0.1, 0.15) is 31.2 Å². The summed E-state index contributed by atoms with van der Waals surface area (Å²) in [7, 11) is 0. The molecule has 0 amide bonds. The van der Waals surface area contributed by atoms with Crippen LogP contribution in [0.4, 0.5) is 5.69 Å². The normalized spacial score (nSPS) is 19.1. The van der Waals surface area contributed by atoms with Crippen molar-refractivity contribution in [1.29, 1.82) is 0 Å². The Balaban J connectivity index is 2.25. The van der Waals surface area contributed by atoms with Crippen molar-refractivity contribution in [1.82, 2.24) is 0 Å². The zero-order valence-electron chi connectivity index (χ0n) is 7.46. The molecule has 2 N–H and O–H groups in total. The number of hydrogen-bond donors (Lipinski definition) is 1. The number of nitrogen functional groups attached to an aromatic ring is 1. The highest BCUT2D eigenvalue weighted by Crippen LogP contribution is 2.43. The molecule has 1 aromatic carbocycles. The summed E-state index contributed by atoms with van der Waals surface area (Å²) < 4.78 is 0. The van der Waals surface area contributed by atoms with E-state index in [0.717, 1.165) is 11.6 Å². The van der Waals surface area contributed by atoms with Crippen molar-refractivity contribution < 1.29 is 0 Å². The van der Waals surface area contributed by atoms with Crippen LogP contribution in [0.15, 0.2) is 24.3 Å². The van der Waals surface area contributed by atoms with Crippen LogP contribution in [-0.4, -0.2) is 0 Å². The van der Waals surface area contributed by atoms with E-state index in [1.54, 1.807) is 0 Å². The van der Waals surface area contributed by atoms with Gasteiger partial charge in [0.05, 0.1) is 0 Å². The van der Waals surface area contributed by atoms with Crippen molar-refractivity contribution in [2.45, 2.75) is 25.7 Å². The first-order chi connectivity index (χ1) is 5.79. The fourth-order valence-corrected chi connectivity index (χ4v) is 1.78. The van der Waals surface area contributed by atoms with Crippen LogP contribution in [0, 0.1) is 5.92 Å². The Bertz CT molecular complexity index is 276. The summed E-state index contributed by atoms with van der Waals surface area (Å²) in [5, 5.41) is 0. The third-order valence-corrected chi connectivity index (χ3v) is 2.82. The molecule has 1 aliphatic carbocycles. The first-order valence-corrected chi connectivity index (χ1v) is 4.63. The lowest BCUT2D eigenvalue weighted by Crippen LogP contribution is -2.00. The van der Waals surface area contributed by atoms with Gasteiger partial charge in [-0.3, -0.25) is 0 Å². The van der Waals surface area contributed by atoms with E-state index < -0.39 is 0 Å². The van der Waals surface area contributed by atoms with Gasteiger partial charge in [0, 0.05) is 5.69 Å². The Morgan fingerprint density at radius 3 is 2.58 bits per heavy atom. The van der Waals surface area contributed by atoms with Gasteiger partial charge < -0.3 is 5.73 Å². The lowest BCUT2D eigenvalue weighted by atomic mass is 9.95. The summed E-state index contributed by atoms with van der Waals surface area (Å²) in [5.74, 6) is 1.56. The van der Waals surface area contributed by atoms with E-state index in [9.17, 15) is 0 Å². The highest BCUT2D eigenvalue weighted by atomic mass is 14.6. The first-order valence-electron chi connectivity index (χ1n) is 4.63. The van der Waals surface area contributed by atoms with Gasteiger partial charge in [0.15, 0.2) is 0 Å². The molecule has 1 aliphatic rings. The van der Waals surface area contributed by atoms with Gasteiger partial charge >= 0.3 is 0 Å². The fraction of sp³-hybridized carbons (Fsp3) is 0.455. The Morgan fingerprint density at radius 1 is 1.33 bits per heavy atom. The molecule has 0 spiro atoms. The SMILES string of the molecule is CC(c1ccccc1N)C1CC1. The van der Waals surface area contributed by atoms with Crippen LogP contribution >= 0.6 is 0 Å². The minimum atomic E-state index is 0.659. The molecule has 1 aromatic rings. The van der Waals surface area contributed by atoms with Gasteiger partial charge in [-0.1, -0.05) is 25.1 Å². The number of hydrogen-bond acceptors (Lipinski definition) is 1. The predicted octanol–water partition coefficient (Wildman–Crippen LogP) is 2.78. The molecular weight excluding hydrogens is 146 g/mol. The molecule has 1 unspecified atom stereocenters. The molecule has 0 aromatic heterocycles. The van der Waals surface area contributed by atoms with E-state index in [-0.39, 0.29) is 0 Å². The molecule has 0 saturated heterocycles. The van der Waals surface area contributed by atoms with Gasteiger partial charge in [-0.05, 0) is 36.3 Å². The minimum Gasteiger partial charge on any atom is -0.398 e. The van der Waals surface area contributed by atoms with E-state index >= 15 is 0 Å². The average molecular weight is 161 g/mol. The standard InChI is InChI=1S/C11H15N/c1-8(9-6-7-9)10-4-2-3-5-11(10)12/h2-5,8-9H,6-7,12H2,1H3. The van der Waals surface area contributed by atoms with E-state index in [4.69, 9.17) is 5.73 Å². The van der Waals surface area contributed by atoms with Gasteiger partial charge in [0.2, 0.25) is 0 Å². The smallest absolute Gasteiger partial charge is 0.0349 e. The monoisotopic (exact) mass is 161 g/mol. The molecule has 1 saturated carbocycles. The Kier molecular flexibility index (Phi) is 1.80. The van der Waals surface area contributed by atoms with Crippen molar-refractivity contribution >= 4 is 5.69 Å². The average Bonchev–Trinajstić information content (AvgIpc) is 2.86. The Morgan fingerprint density at radius 2 is 2.00 bits per heavy atom.